The van der Waals surface area contributed by atoms with Crippen LogP contribution in [0.3, 0.4) is 0 Å². The van der Waals surface area contributed by atoms with Gasteiger partial charge >= 0.3 is 0 Å². The van der Waals surface area contributed by atoms with Crippen molar-refractivity contribution in [1.29, 1.82) is 0 Å². The van der Waals surface area contributed by atoms with E-state index in [1.807, 2.05) is 30.0 Å². The van der Waals surface area contributed by atoms with Crippen molar-refractivity contribution in [3.8, 4) is 5.75 Å². The van der Waals surface area contributed by atoms with Crippen LogP contribution < -0.4 is 4.74 Å². The summed E-state index contributed by atoms with van der Waals surface area (Å²) in [5.41, 5.74) is 1.03. The Morgan fingerprint density at radius 3 is 2.65 bits per heavy atom. The lowest BCUT2D eigenvalue weighted by atomic mass is 10.2. The number of pyridine rings is 1. The van der Waals surface area contributed by atoms with E-state index in [-0.39, 0.29) is 0 Å². The van der Waals surface area contributed by atoms with E-state index in [1.165, 1.54) is 0 Å². The van der Waals surface area contributed by atoms with Crippen molar-refractivity contribution in [2.45, 2.75) is 18.9 Å². The Morgan fingerprint density at radius 2 is 1.95 bits per heavy atom. The first-order valence-electron chi connectivity index (χ1n) is 7.06. The molecule has 0 atom stereocenters. The van der Waals surface area contributed by atoms with E-state index in [2.05, 4.69) is 35.9 Å². The fourth-order valence-electron chi connectivity index (χ4n) is 2.11. The van der Waals surface area contributed by atoms with Gasteiger partial charge in [-0.2, -0.15) is 0 Å². The molecule has 2 rings (SSSR count). The third-order valence-electron chi connectivity index (χ3n) is 3.42. The number of ether oxygens (including phenoxy) is 1. The molecule has 0 aliphatic heterocycles. The number of benzene rings is 1. The summed E-state index contributed by atoms with van der Waals surface area (Å²) in [6, 6.07) is 10.2. The monoisotopic (exact) mass is 290 g/mol. The van der Waals surface area contributed by atoms with Crippen LogP contribution in [0.5, 0.6) is 5.75 Å². The largest absolute Gasteiger partial charge is 0.497 e. The van der Waals surface area contributed by atoms with Crippen molar-refractivity contribution in [2.75, 3.05) is 32.5 Å². The molecule has 0 aliphatic rings. The molecule has 0 N–H and O–H groups in total. The molecule has 1 aromatic carbocycles. The molecule has 1 heterocycles. The number of fused-ring (bicyclic) bond motifs is 1. The van der Waals surface area contributed by atoms with Crippen molar-refractivity contribution >= 4 is 22.7 Å². The Bertz CT molecular complexity index is 555. The molecular formula is C16H22N2OS. The smallest absolute Gasteiger partial charge is 0.119 e. The van der Waals surface area contributed by atoms with Gasteiger partial charge in [-0.3, -0.25) is 0 Å². The zero-order valence-electron chi connectivity index (χ0n) is 12.4. The summed E-state index contributed by atoms with van der Waals surface area (Å²) in [4.78, 5) is 7.12. The second-order valence-corrected chi connectivity index (χ2v) is 5.70. The Labute approximate surface area is 125 Å². The third kappa shape index (κ3) is 3.87. The van der Waals surface area contributed by atoms with Gasteiger partial charge in [0.1, 0.15) is 5.75 Å². The third-order valence-corrected chi connectivity index (χ3v) is 4.33. The van der Waals surface area contributed by atoms with E-state index in [0.29, 0.717) is 0 Å². The summed E-state index contributed by atoms with van der Waals surface area (Å²) in [6.07, 6.45) is 0. The van der Waals surface area contributed by atoms with Gasteiger partial charge in [-0.15, -0.1) is 11.8 Å². The van der Waals surface area contributed by atoms with Gasteiger partial charge in [0.2, 0.25) is 0 Å². The zero-order chi connectivity index (χ0) is 14.4. The molecule has 0 aliphatic carbocycles. The van der Waals surface area contributed by atoms with E-state index in [1.54, 1.807) is 7.11 Å². The summed E-state index contributed by atoms with van der Waals surface area (Å²) in [6.45, 7) is 7.75. The Kier molecular flexibility index (Phi) is 5.68. The van der Waals surface area contributed by atoms with Gasteiger partial charge in [0, 0.05) is 17.7 Å². The van der Waals surface area contributed by atoms with E-state index < -0.39 is 0 Å². The Balaban J connectivity index is 2.01. The molecule has 0 radical (unpaired) electrons. The highest BCUT2D eigenvalue weighted by Crippen LogP contribution is 2.23. The minimum absolute atomic E-state index is 0.876. The number of aromatic nitrogens is 1. The summed E-state index contributed by atoms with van der Waals surface area (Å²) < 4.78 is 5.23. The first-order chi connectivity index (χ1) is 9.76. The van der Waals surface area contributed by atoms with Crippen LogP contribution in [-0.2, 0) is 0 Å². The molecule has 0 spiro atoms. The minimum atomic E-state index is 0.876. The summed E-state index contributed by atoms with van der Waals surface area (Å²) in [5.74, 6) is 1.96. The molecule has 0 amide bonds. The van der Waals surface area contributed by atoms with Crippen molar-refractivity contribution in [3.05, 3.63) is 30.3 Å². The topological polar surface area (TPSA) is 25.4 Å². The van der Waals surface area contributed by atoms with Crippen LogP contribution in [0.15, 0.2) is 35.4 Å². The van der Waals surface area contributed by atoms with Crippen molar-refractivity contribution in [2.24, 2.45) is 0 Å². The average molecular weight is 290 g/mol. The fourth-order valence-corrected chi connectivity index (χ4v) is 3.00. The molecular weight excluding hydrogens is 268 g/mol. The van der Waals surface area contributed by atoms with E-state index in [4.69, 9.17) is 4.74 Å². The first-order valence-corrected chi connectivity index (χ1v) is 8.05. The number of rotatable bonds is 7. The zero-order valence-corrected chi connectivity index (χ0v) is 13.2. The van der Waals surface area contributed by atoms with Crippen molar-refractivity contribution in [1.82, 2.24) is 9.88 Å². The van der Waals surface area contributed by atoms with Gasteiger partial charge in [-0.1, -0.05) is 13.8 Å². The lowest BCUT2D eigenvalue weighted by molar-refractivity contribution is 0.324. The lowest BCUT2D eigenvalue weighted by Crippen LogP contribution is -2.25. The number of hydrogen-bond acceptors (Lipinski definition) is 4. The maximum absolute atomic E-state index is 5.23. The minimum Gasteiger partial charge on any atom is -0.497 e. The second kappa shape index (κ2) is 7.50. The second-order valence-electron chi connectivity index (χ2n) is 4.58. The standard InChI is InChI=1S/C16H22N2OS/c1-4-18(5-2)10-11-20-16-9-6-13-12-14(19-3)7-8-15(13)17-16/h6-9,12H,4-5,10-11H2,1-3H3. The van der Waals surface area contributed by atoms with Crippen LogP contribution in [-0.4, -0.2) is 42.4 Å². The normalized spacial score (nSPS) is 11.2. The highest BCUT2D eigenvalue weighted by atomic mass is 32.2. The predicted octanol–water partition coefficient (Wildman–Crippen LogP) is 3.68. The Hall–Kier alpha value is -1.26. The van der Waals surface area contributed by atoms with E-state index in [0.717, 1.165) is 47.1 Å². The maximum Gasteiger partial charge on any atom is 0.119 e. The summed E-state index contributed by atoms with van der Waals surface area (Å²) in [5, 5.41) is 2.22. The molecule has 0 bridgehead atoms. The van der Waals surface area contributed by atoms with E-state index in [9.17, 15) is 0 Å². The van der Waals surface area contributed by atoms with Gasteiger partial charge in [0.15, 0.2) is 0 Å². The van der Waals surface area contributed by atoms with Gasteiger partial charge in [-0.05, 0) is 43.4 Å². The van der Waals surface area contributed by atoms with Crippen LogP contribution >= 0.6 is 11.8 Å². The predicted molar refractivity (Wildman–Crippen MR) is 86.8 cm³/mol. The molecule has 108 valence electrons. The molecule has 2 aromatic rings. The summed E-state index contributed by atoms with van der Waals surface area (Å²) in [7, 11) is 1.69. The SMILES string of the molecule is CCN(CC)CCSc1ccc2cc(OC)ccc2n1. The molecule has 0 saturated heterocycles. The lowest BCUT2D eigenvalue weighted by Gasteiger charge is -2.17. The van der Waals surface area contributed by atoms with Gasteiger partial charge in [0.05, 0.1) is 17.7 Å². The van der Waals surface area contributed by atoms with Crippen LogP contribution in [0.25, 0.3) is 10.9 Å². The maximum atomic E-state index is 5.23. The van der Waals surface area contributed by atoms with E-state index >= 15 is 0 Å². The molecule has 0 unspecified atom stereocenters. The fraction of sp³-hybridized carbons (Fsp3) is 0.438. The molecule has 20 heavy (non-hydrogen) atoms. The quantitative estimate of drug-likeness (QED) is 0.726. The van der Waals surface area contributed by atoms with Gasteiger partial charge in [-0.25, -0.2) is 4.98 Å². The van der Waals surface area contributed by atoms with Gasteiger partial charge < -0.3 is 9.64 Å². The molecule has 0 saturated carbocycles. The molecule has 1 aromatic heterocycles. The molecule has 0 fully saturated rings. The molecule has 3 nitrogen and oxygen atoms in total. The average Bonchev–Trinajstić information content (AvgIpc) is 2.51. The van der Waals surface area contributed by atoms with Crippen LogP contribution in [0.2, 0.25) is 0 Å². The van der Waals surface area contributed by atoms with Gasteiger partial charge in [0.25, 0.3) is 0 Å². The first kappa shape index (κ1) is 15.1. The Morgan fingerprint density at radius 1 is 1.15 bits per heavy atom. The van der Waals surface area contributed by atoms with Crippen molar-refractivity contribution in [3.63, 3.8) is 0 Å². The number of thioether (sulfide) groups is 1. The molecule has 4 heteroatoms. The number of hydrogen-bond donors (Lipinski definition) is 0. The summed E-state index contributed by atoms with van der Waals surface area (Å²) >= 11 is 1.82. The van der Waals surface area contributed by atoms with Crippen LogP contribution in [0, 0.1) is 0 Å². The number of nitrogens with zero attached hydrogens (tertiary/aromatic N) is 2. The highest BCUT2D eigenvalue weighted by Gasteiger charge is 2.03. The highest BCUT2D eigenvalue weighted by molar-refractivity contribution is 7.99. The number of methoxy groups -OCH3 is 1. The van der Waals surface area contributed by atoms with Crippen LogP contribution in [0.4, 0.5) is 0 Å². The van der Waals surface area contributed by atoms with Crippen LogP contribution in [0.1, 0.15) is 13.8 Å². The van der Waals surface area contributed by atoms with Crippen molar-refractivity contribution < 1.29 is 4.74 Å².